The van der Waals surface area contributed by atoms with Gasteiger partial charge in [0, 0.05) is 0 Å². The second-order valence-corrected chi connectivity index (χ2v) is 3.06. The van der Waals surface area contributed by atoms with Crippen molar-refractivity contribution in [1.82, 2.24) is 6.15 Å². The summed E-state index contributed by atoms with van der Waals surface area (Å²) in [5.74, 6) is -0.0301. The zero-order valence-corrected chi connectivity index (χ0v) is 11.4. The van der Waals surface area contributed by atoms with Crippen molar-refractivity contribution in [2.75, 3.05) is 6.61 Å². The van der Waals surface area contributed by atoms with E-state index in [1.54, 1.807) is 0 Å². The molecular weight excluding hydrogens is 230 g/mol. The van der Waals surface area contributed by atoms with Gasteiger partial charge in [-0.1, -0.05) is 20.8 Å². The summed E-state index contributed by atoms with van der Waals surface area (Å²) in [5, 5.41) is 0. The second kappa shape index (κ2) is 17.7. The average Bonchev–Trinajstić information content (AvgIpc) is 2.09. The predicted molar refractivity (Wildman–Crippen MR) is 69.4 cm³/mol. The van der Waals surface area contributed by atoms with Crippen molar-refractivity contribution in [3.63, 3.8) is 0 Å². The summed E-state index contributed by atoms with van der Waals surface area (Å²) in [4.78, 5) is 11.5. The zero-order chi connectivity index (χ0) is 9.61. The number of carbonyl (C=O) groups excluding carboxylic acids is 1. The smallest absolute Gasteiger partial charge is 0.312 e. The van der Waals surface area contributed by atoms with Crippen LogP contribution in [0, 0.1) is 5.41 Å². The molecule has 0 aromatic heterocycles. The molecule has 0 aromatic carbocycles. The van der Waals surface area contributed by atoms with Crippen LogP contribution in [0.1, 0.15) is 47.0 Å². The molecule has 0 aliphatic carbocycles. The van der Waals surface area contributed by atoms with Gasteiger partial charge in [0.2, 0.25) is 0 Å². The topological polar surface area (TPSA) is 187 Å². The first-order valence-electron chi connectivity index (χ1n) is 4.84. The largest absolute Gasteiger partial charge is 0.466 e. The van der Waals surface area contributed by atoms with E-state index >= 15 is 0 Å². The molecule has 0 aliphatic heterocycles. The average molecular weight is 261 g/mol. The SMILES string of the molecule is CCOC(=O)C(CC)(CC)CC.N.O.O.O.O. The van der Waals surface area contributed by atoms with E-state index in [2.05, 4.69) is 0 Å². The Labute approximate surface area is 103 Å². The van der Waals surface area contributed by atoms with Gasteiger partial charge in [-0.3, -0.25) is 4.79 Å². The standard InChI is InChI=1S/C10H20O2.H3N.4H2O/c1-5-10(6-2,7-3)9(11)12-8-4;;;;;/h5-8H2,1-4H3;1H3;4*1H2. The highest BCUT2D eigenvalue weighted by atomic mass is 16.5. The first-order chi connectivity index (χ1) is 5.66. The van der Waals surface area contributed by atoms with E-state index in [-0.39, 0.29) is 39.4 Å². The van der Waals surface area contributed by atoms with Crippen LogP contribution in [0.15, 0.2) is 0 Å². The number of hydrogen-bond acceptors (Lipinski definition) is 3. The summed E-state index contributed by atoms with van der Waals surface area (Å²) in [7, 11) is 0. The molecule has 0 heterocycles. The van der Waals surface area contributed by atoms with E-state index in [0.717, 1.165) is 19.3 Å². The molecule has 0 bridgehead atoms. The van der Waals surface area contributed by atoms with Crippen molar-refractivity contribution >= 4 is 5.97 Å². The van der Waals surface area contributed by atoms with Crippen LogP contribution in [0.5, 0.6) is 0 Å². The van der Waals surface area contributed by atoms with Crippen LogP contribution in [-0.4, -0.2) is 34.5 Å². The number of ether oxygens (including phenoxy) is 1. The van der Waals surface area contributed by atoms with E-state index in [0.29, 0.717) is 6.61 Å². The molecule has 0 saturated carbocycles. The molecule has 0 unspecified atom stereocenters. The minimum absolute atomic E-state index is 0. The second-order valence-electron chi connectivity index (χ2n) is 3.06. The van der Waals surface area contributed by atoms with Crippen LogP contribution in [0.2, 0.25) is 0 Å². The van der Waals surface area contributed by atoms with Crippen LogP contribution in [-0.2, 0) is 9.53 Å². The van der Waals surface area contributed by atoms with Gasteiger partial charge in [0.1, 0.15) is 0 Å². The molecule has 7 nitrogen and oxygen atoms in total. The number of rotatable bonds is 5. The third kappa shape index (κ3) is 9.02. The molecule has 0 spiro atoms. The highest BCUT2D eigenvalue weighted by Gasteiger charge is 2.33. The maximum atomic E-state index is 11.5. The Balaban J connectivity index is -0.0000000605. The Kier molecular flexibility index (Phi) is 37.4. The molecule has 0 atom stereocenters. The lowest BCUT2D eigenvalue weighted by Crippen LogP contribution is -2.31. The Morgan fingerprint density at radius 1 is 0.882 bits per heavy atom. The van der Waals surface area contributed by atoms with Gasteiger partial charge in [-0.15, -0.1) is 0 Å². The molecule has 11 N–H and O–H groups in total. The lowest BCUT2D eigenvalue weighted by molar-refractivity contribution is -0.156. The number of hydrogen-bond donors (Lipinski definition) is 1. The van der Waals surface area contributed by atoms with Gasteiger partial charge in [0.05, 0.1) is 12.0 Å². The molecule has 7 heteroatoms. The van der Waals surface area contributed by atoms with Crippen LogP contribution in [0.25, 0.3) is 0 Å². The van der Waals surface area contributed by atoms with Crippen molar-refractivity contribution in [2.45, 2.75) is 47.0 Å². The van der Waals surface area contributed by atoms with Gasteiger partial charge >= 0.3 is 5.97 Å². The normalized spacial score (nSPS) is 8.00. The Morgan fingerprint density at radius 2 is 1.18 bits per heavy atom. The Hall–Kier alpha value is -0.730. The number of esters is 1. The van der Waals surface area contributed by atoms with E-state index < -0.39 is 0 Å². The summed E-state index contributed by atoms with van der Waals surface area (Å²) in [6.07, 6.45) is 2.62. The van der Waals surface area contributed by atoms with E-state index in [1.807, 2.05) is 27.7 Å². The van der Waals surface area contributed by atoms with Crippen LogP contribution >= 0.6 is 0 Å². The van der Waals surface area contributed by atoms with Gasteiger partial charge in [-0.2, -0.15) is 0 Å². The highest BCUT2D eigenvalue weighted by molar-refractivity contribution is 5.76. The van der Waals surface area contributed by atoms with E-state index in [4.69, 9.17) is 4.74 Å². The molecule has 0 rings (SSSR count). The molecule has 0 amide bonds. The summed E-state index contributed by atoms with van der Waals surface area (Å²) in [5.41, 5.74) is -0.226. The van der Waals surface area contributed by atoms with Crippen molar-refractivity contribution in [3.05, 3.63) is 0 Å². The fourth-order valence-electron chi connectivity index (χ4n) is 1.47. The highest BCUT2D eigenvalue weighted by Crippen LogP contribution is 2.31. The minimum atomic E-state index is -0.226. The van der Waals surface area contributed by atoms with Gasteiger partial charge in [0.25, 0.3) is 0 Å². The number of carbonyl (C=O) groups is 1. The molecule has 0 aliphatic rings. The molecule has 0 aromatic rings. The minimum Gasteiger partial charge on any atom is -0.466 e. The molecule has 0 radical (unpaired) electrons. The fourth-order valence-corrected chi connectivity index (χ4v) is 1.47. The summed E-state index contributed by atoms with van der Waals surface area (Å²) >= 11 is 0. The Morgan fingerprint density at radius 3 is 1.35 bits per heavy atom. The lowest BCUT2D eigenvalue weighted by atomic mass is 9.80. The molecule has 112 valence electrons. The zero-order valence-electron chi connectivity index (χ0n) is 11.4. The fraction of sp³-hybridized carbons (Fsp3) is 0.900. The maximum Gasteiger partial charge on any atom is 0.312 e. The molecule has 17 heavy (non-hydrogen) atoms. The van der Waals surface area contributed by atoms with Crippen LogP contribution in [0.4, 0.5) is 0 Å². The van der Waals surface area contributed by atoms with Gasteiger partial charge in [-0.25, -0.2) is 0 Å². The third-order valence-electron chi connectivity index (χ3n) is 2.74. The van der Waals surface area contributed by atoms with Crippen molar-refractivity contribution in [1.29, 1.82) is 0 Å². The maximum absolute atomic E-state index is 11.5. The van der Waals surface area contributed by atoms with Crippen LogP contribution in [0.3, 0.4) is 0 Å². The molecular formula is C10H31NO6. The monoisotopic (exact) mass is 261 g/mol. The first kappa shape index (κ1) is 36.0. The van der Waals surface area contributed by atoms with Gasteiger partial charge < -0.3 is 32.8 Å². The van der Waals surface area contributed by atoms with Gasteiger partial charge in [0.15, 0.2) is 0 Å². The summed E-state index contributed by atoms with van der Waals surface area (Å²) in [6.45, 7) is 8.47. The lowest BCUT2D eigenvalue weighted by Gasteiger charge is -2.27. The van der Waals surface area contributed by atoms with Gasteiger partial charge in [-0.05, 0) is 26.2 Å². The third-order valence-corrected chi connectivity index (χ3v) is 2.74. The molecule has 0 saturated heterocycles. The summed E-state index contributed by atoms with van der Waals surface area (Å²) < 4.78 is 5.04. The van der Waals surface area contributed by atoms with E-state index in [9.17, 15) is 4.79 Å². The van der Waals surface area contributed by atoms with Crippen molar-refractivity contribution < 1.29 is 31.4 Å². The Bertz CT molecular complexity index is 141. The van der Waals surface area contributed by atoms with Crippen molar-refractivity contribution in [3.8, 4) is 0 Å². The first-order valence-corrected chi connectivity index (χ1v) is 4.84. The summed E-state index contributed by atoms with van der Waals surface area (Å²) in [6, 6.07) is 0. The van der Waals surface area contributed by atoms with E-state index in [1.165, 1.54) is 0 Å². The quantitative estimate of drug-likeness (QED) is 0.662. The molecule has 0 fully saturated rings. The van der Waals surface area contributed by atoms with Crippen molar-refractivity contribution in [2.24, 2.45) is 5.41 Å². The van der Waals surface area contributed by atoms with Crippen LogP contribution < -0.4 is 6.15 Å². The predicted octanol–water partition coefficient (Wildman–Crippen LogP) is -0.371.